The lowest BCUT2D eigenvalue weighted by Crippen LogP contribution is -2.11. The average molecular weight is 348 g/mol. The van der Waals surface area contributed by atoms with Crippen LogP contribution in [0.25, 0.3) is 0 Å². The molecule has 1 aromatic carbocycles. The second-order valence-corrected chi connectivity index (χ2v) is 6.75. The minimum Gasteiger partial charge on any atom is -0.495 e. The van der Waals surface area contributed by atoms with Crippen molar-refractivity contribution in [1.82, 2.24) is 5.73 Å². The maximum atomic E-state index is 11.9. The molecule has 1 aromatic rings. The van der Waals surface area contributed by atoms with Gasteiger partial charge in [0, 0.05) is 12.1 Å². The zero-order chi connectivity index (χ0) is 18.3. The molecule has 1 rings (SSSR count). The van der Waals surface area contributed by atoms with Crippen molar-refractivity contribution in [2.24, 2.45) is 0 Å². The van der Waals surface area contributed by atoms with Gasteiger partial charge in [-0.1, -0.05) is 71.1 Å². The van der Waals surface area contributed by atoms with Crippen molar-refractivity contribution in [3.05, 3.63) is 18.2 Å². The van der Waals surface area contributed by atoms with Gasteiger partial charge in [0.1, 0.15) is 5.75 Å². The van der Waals surface area contributed by atoms with Gasteiger partial charge >= 0.3 is 0 Å². The van der Waals surface area contributed by atoms with Gasteiger partial charge in [0.15, 0.2) is 0 Å². The van der Waals surface area contributed by atoms with Crippen molar-refractivity contribution in [1.29, 1.82) is 0 Å². The monoisotopic (exact) mass is 347 g/mol. The number of hydrogen-bond donors (Lipinski definition) is 1. The van der Waals surface area contributed by atoms with E-state index in [0.29, 0.717) is 17.9 Å². The zero-order valence-electron chi connectivity index (χ0n) is 16.0. The summed E-state index contributed by atoms with van der Waals surface area (Å²) >= 11 is 0. The lowest BCUT2D eigenvalue weighted by Gasteiger charge is -2.08. The van der Waals surface area contributed by atoms with Crippen LogP contribution >= 0.6 is 0 Å². The molecule has 0 unspecified atom stereocenters. The van der Waals surface area contributed by atoms with E-state index in [-0.39, 0.29) is 11.6 Å². The molecule has 0 saturated carbocycles. The molecule has 0 bridgehead atoms. The third-order valence-electron chi connectivity index (χ3n) is 4.49. The number of hydrogen-bond acceptors (Lipinski definition) is 2. The Balaban J connectivity index is 2.01. The van der Waals surface area contributed by atoms with Crippen LogP contribution in [-0.2, 0) is 4.79 Å². The minimum absolute atomic E-state index is 0.0282. The standard InChI is InChI=1S/C21H35N2O2/c1-3-4-5-6-7-8-9-10-11-12-13-14-21(24)23-18-15-16-20(25-2)19(22)17-18/h15-17,22H,3-14H2,1-2H3,(H,23,24). The second-order valence-electron chi connectivity index (χ2n) is 6.75. The van der Waals surface area contributed by atoms with Crippen molar-refractivity contribution in [2.45, 2.75) is 84.0 Å². The van der Waals surface area contributed by atoms with Gasteiger partial charge in [-0.3, -0.25) is 10.5 Å². The summed E-state index contributed by atoms with van der Waals surface area (Å²) in [6.45, 7) is 2.25. The quantitative estimate of drug-likeness (QED) is 0.404. The molecule has 0 spiro atoms. The molecule has 0 aliphatic rings. The van der Waals surface area contributed by atoms with E-state index < -0.39 is 0 Å². The highest BCUT2D eigenvalue weighted by molar-refractivity contribution is 5.91. The van der Waals surface area contributed by atoms with Crippen LogP contribution in [0.15, 0.2) is 18.2 Å². The lowest BCUT2D eigenvalue weighted by atomic mass is 10.1. The van der Waals surface area contributed by atoms with Crippen LogP contribution in [0.2, 0.25) is 0 Å². The van der Waals surface area contributed by atoms with Gasteiger partial charge in [-0.05, 0) is 24.6 Å². The van der Waals surface area contributed by atoms with Crippen LogP contribution < -0.4 is 15.8 Å². The molecule has 25 heavy (non-hydrogen) atoms. The normalized spacial score (nSPS) is 10.6. The Labute approximate surface area is 153 Å². The number of amides is 1. The third kappa shape index (κ3) is 10.0. The summed E-state index contributed by atoms with van der Waals surface area (Å²) in [7, 11) is 1.54. The molecule has 0 atom stereocenters. The SMILES string of the molecule is CCCCCCCCCCCCCC(=O)Nc1ccc(OC)c([NH])c1. The van der Waals surface area contributed by atoms with Crippen LogP contribution in [0.5, 0.6) is 5.75 Å². The van der Waals surface area contributed by atoms with Crippen molar-refractivity contribution in [3.8, 4) is 5.75 Å². The molecule has 0 aliphatic heterocycles. The minimum atomic E-state index is 0.0282. The van der Waals surface area contributed by atoms with Gasteiger partial charge in [-0.15, -0.1) is 0 Å². The van der Waals surface area contributed by atoms with Crippen LogP contribution in [-0.4, -0.2) is 13.0 Å². The van der Waals surface area contributed by atoms with Gasteiger partial charge in [0.25, 0.3) is 0 Å². The number of ether oxygens (including phenoxy) is 1. The number of nitrogens with one attached hydrogen (secondary N) is 2. The smallest absolute Gasteiger partial charge is 0.224 e. The first-order valence-corrected chi connectivity index (χ1v) is 9.87. The molecule has 1 radical (unpaired) electrons. The fourth-order valence-corrected chi connectivity index (χ4v) is 2.96. The molecule has 141 valence electrons. The highest BCUT2D eigenvalue weighted by atomic mass is 16.5. The first-order chi connectivity index (χ1) is 12.2. The van der Waals surface area contributed by atoms with Crippen molar-refractivity contribution < 1.29 is 9.53 Å². The Morgan fingerprint density at radius 2 is 1.52 bits per heavy atom. The Morgan fingerprint density at radius 1 is 0.960 bits per heavy atom. The van der Waals surface area contributed by atoms with Crippen LogP contribution in [0, 0.1) is 0 Å². The van der Waals surface area contributed by atoms with Crippen molar-refractivity contribution in [2.75, 3.05) is 12.4 Å². The van der Waals surface area contributed by atoms with Gasteiger partial charge < -0.3 is 10.1 Å². The highest BCUT2D eigenvalue weighted by Crippen LogP contribution is 2.26. The Hall–Kier alpha value is -1.71. The molecular formula is C21H35N2O2. The molecule has 4 heteroatoms. The summed E-state index contributed by atoms with van der Waals surface area (Å²) in [6.07, 6.45) is 14.7. The fraction of sp³-hybridized carbons (Fsp3) is 0.667. The first kappa shape index (κ1) is 21.3. The van der Waals surface area contributed by atoms with E-state index in [0.717, 1.165) is 12.8 Å². The lowest BCUT2D eigenvalue weighted by molar-refractivity contribution is -0.116. The summed E-state index contributed by atoms with van der Waals surface area (Å²) in [4.78, 5) is 11.9. The maximum absolute atomic E-state index is 11.9. The second kappa shape index (κ2) is 13.6. The first-order valence-electron chi connectivity index (χ1n) is 9.87. The summed E-state index contributed by atoms with van der Waals surface area (Å²) in [6, 6.07) is 5.10. The number of benzene rings is 1. The van der Waals surface area contributed by atoms with Gasteiger partial charge in [0.2, 0.25) is 5.91 Å². The number of rotatable bonds is 14. The number of anilines is 1. The van der Waals surface area contributed by atoms with Crippen LogP contribution in [0.4, 0.5) is 11.4 Å². The van der Waals surface area contributed by atoms with E-state index in [9.17, 15) is 4.79 Å². The zero-order valence-corrected chi connectivity index (χ0v) is 16.0. The molecule has 0 aromatic heterocycles. The van der Waals surface area contributed by atoms with Gasteiger partial charge in [0.05, 0.1) is 12.8 Å². The largest absolute Gasteiger partial charge is 0.495 e. The summed E-state index contributed by atoms with van der Waals surface area (Å²) in [5.41, 5.74) is 8.73. The van der Waals surface area contributed by atoms with E-state index in [4.69, 9.17) is 10.5 Å². The molecule has 0 fully saturated rings. The molecule has 4 nitrogen and oxygen atoms in total. The maximum Gasteiger partial charge on any atom is 0.224 e. The van der Waals surface area contributed by atoms with Gasteiger partial charge in [-0.25, -0.2) is 0 Å². The Morgan fingerprint density at radius 3 is 2.04 bits per heavy atom. The number of methoxy groups -OCH3 is 1. The van der Waals surface area contributed by atoms with E-state index in [2.05, 4.69) is 12.2 Å². The van der Waals surface area contributed by atoms with Crippen LogP contribution in [0.3, 0.4) is 0 Å². The van der Waals surface area contributed by atoms with Crippen LogP contribution in [0.1, 0.15) is 84.0 Å². The summed E-state index contributed by atoms with van der Waals surface area (Å²) in [5.74, 6) is 0.545. The summed E-state index contributed by atoms with van der Waals surface area (Å²) < 4.78 is 5.05. The molecular weight excluding hydrogens is 312 g/mol. The predicted octanol–water partition coefficient (Wildman–Crippen LogP) is 6.25. The predicted molar refractivity (Wildman–Crippen MR) is 105 cm³/mol. The number of unbranched alkanes of at least 4 members (excludes halogenated alkanes) is 10. The molecule has 0 aliphatic carbocycles. The van der Waals surface area contributed by atoms with Gasteiger partial charge in [-0.2, -0.15) is 0 Å². The van der Waals surface area contributed by atoms with E-state index in [1.807, 2.05) is 0 Å². The Kier molecular flexibility index (Phi) is 11.6. The molecule has 0 saturated heterocycles. The van der Waals surface area contributed by atoms with E-state index >= 15 is 0 Å². The topological polar surface area (TPSA) is 62.1 Å². The summed E-state index contributed by atoms with van der Waals surface area (Å²) in [5, 5.41) is 2.86. The van der Waals surface area contributed by atoms with E-state index in [1.54, 1.807) is 18.2 Å². The molecule has 2 N–H and O–H groups in total. The third-order valence-corrected chi connectivity index (χ3v) is 4.49. The van der Waals surface area contributed by atoms with E-state index in [1.165, 1.54) is 64.9 Å². The molecule has 0 heterocycles. The average Bonchev–Trinajstić information content (AvgIpc) is 2.60. The number of carbonyl (C=O) groups excluding carboxylic acids is 1. The van der Waals surface area contributed by atoms with Crippen molar-refractivity contribution in [3.63, 3.8) is 0 Å². The number of carbonyl (C=O) groups is 1. The molecule has 1 amide bonds. The van der Waals surface area contributed by atoms with Crippen molar-refractivity contribution >= 4 is 17.3 Å². The fourth-order valence-electron chi connectivity index (χ4n) is 2.96. The Bertz CT molecular complexity index is 489. The highest BCUT2D eigenvalue weighted by Gasteiger charge is 2.05.